The van der Waals surface area contributed by atoms with Crippen LogP contribution in [0.1, 0.15) is 65.3 Å². The summed E-state index contributed by atoms with van der Waals surface area (Å²) in [4.78, 5) is 45.2. The van der Waals surface area contributed by atoms with Crippen LogP contribution >= 0.6 is 11.3 Å². The number of hydrogen-bond donors (Lipinski definition) is 3. The lowest BCUT2D eigenvalue weighted by atomic mass is 10.0. The summed E-state index contributed by atoms with van der Waals surface area (Å²) in [6, 6.07) is 13.3. The summed E-state index contributed by atoms with van der Waals surface area (Å²) in [5, 5.41) is 18.0. The van der Waals surface area contributed by atoms with Gasteiger partial charge in [0.1, 0.15) is 5.75 Å². The van der Waals surface area contributed by atoms with E-state index in [2.05, 4.69) is 34.7 Å². The molecule has 10 nitrogen and oxygen atoms in total. The highest BCUT2D eigenvalue weighted by atomic mass is 32.1. The minimum absolute atomic E-state index is 0.0528. The first-order valence-corrected chi connectivity index (χ1v) is 15.8. The first-order chi connectivity index (χ1) is 20.8. The molecular weight excluding hydrogens is 566 g/mol. The molecule has 43 heavy (non-hydrogen) atoms. The second-order valence-corrected chi connectivity index (χ2v) is 12.0. The smallest absolute Gasteiger partial charge is 0.407 e. The maximum absolute atomic E-state index is 13.1. The number of unbranched alkanes of at least 4 members (excludes halogenated alkanes) is 1. The second kappa shape index (κ2) is 14.0. The van der Waals surface area contributed by atoms with Crippen molar-refractivity contribution in [1.82, 2.24) is 20.1 Å². The number of benzene rings is 2. The lowest BCUT2D eigenvalue weighted by Gasteiger charge is -2.34. The predicted molar refractivity (Wildman–Crippen MR) is 167 cm³/mol. The monoisotopic (exact) mass is 605 g/mol. The molecule has 2 saturated heterocycles. The van der Waals surface area contributed by atoms with Crippen molar-refractivity contribution < 1.29 is 24.2 Å². The SMILES string of the molecule is CCCCc1ccc(OC)c(-c2csc(NC(=O)c3ccc(C(=O)N4CCC(NC5CCN(C(=O)O)C5)CC4)cc3)n2)c1. The van der Waals surface area contributed by atoms with Crippen molar-refractivity contribution in [2.45, 2.75) is 57.5 Å². The van der Waals surface area contributed by atoms with Crippen LogP contribution in [0.15, 0.2) is 47.8 Å². The lowest BCUT2D eigenvalue weighted by molar-refractivity contribution is 0.0701. The minimum Gasteiger partial charge on any atom is -0.496 e. The number of likely N-dealkylation sites (tertiary alicyclic amines) is 2. The summed E-state index contributed by atoms with van der Waals surface area (Å²) in [6.07, 6.45) is 4.81. The second-order valence-electron chi connectivity index (χ2n) is 11.2. The number of hydrogen-bond acceptors (Lipinski definition) is 7. The summed E-state index contributed by atoms with van der Waals surface area (Å²) in [6.45, 7) is 4.51. The highest BCUT2D eigenvalue weighted by molar-refractivity contribution is 7.14. The van der Waals surface area contributed by atoms with Gasteiger partial charge in [-0.3, -0.25) is 14.9 Å². The van der Waals surface area contributed by atoms with Gasteiger partial charge < -0.3 is 25.0 Å². The number of nitrogens with zero attached hydrogens (tertiary/aromatic N) is 3. The molecule has 3 heterocycles. The zero-order valence-corrected chi connectivity index (χ0v) is 25.5. The van der Waals surface area contributed by atoms with Crippen LogP contribution in [0.4, 0.5) is 9.93 Å². The molecule has 2 aliphatic heterocycles. The number of amides is 3. The summed E-state index contributed by atoms with van der Waals surface area (Å²) < 4.78 is 5.56. The molecule has 0 saturated carbocycles. The van der Waals surface area contributed by atoms with Crippen molar-refractivity contribution in [3.8, 4) is 17.0 Å². The number of carbonyl (C=O) groups is 3. The van der Waals surface area contributed by atoms with Gasteiger partial charge >= 0.3 is 6.09 Å². The molecule has 0 aliphatic carbocycles. The highest BCUT2D eigenvalue weighted by Gasteiger charge is 2.30. The molecule has 2 aromatic carbocycles. The molecule has 1 aromatic heterocycles. The van der Waals surface area contributed by atoms with Gasteiger partial charge in [-0.25, -0.2) is 9.78 Å². The van der Waals surface area contributed by atoms with Crippen molar-refractivity contribution >= 4 is 34.4 Å². The Labute approximate surface area is 256 Å². The van der Waals surface area contributed by atoms with E-state index in [-0.39, 0.29) is 23.9 Å². The minimum atomic E-state index is -0.870. The van der Waals surface area contributed by atoms with Crippen molar-refractivity contribution in [3.05, 3.63) is 64.5 Å². The zero-order valence-electron chi connectivity index (χ0n) is 24.7. The van der Waals surface area contributed by atoms with E-state index in [9.17, 15) is 14.4 Å². The van der Waals surface area contributed by atoms with Gasteiger partial charge in [0.05, 0.1) is 12.8 Å². The van der Waals surface area contributed by atoms with E-state index in [1.54, 1.807) is 31.4 Å². The Bertz CT molecular complexity index is 1430. The summed E-state index contributed by atoms with van der Waals surface area (Å²) >= 11 is 1.36. The van der Waals surface area contributed by atoms with Crippen LogP contribution in [0.3, 0.4) is 0 Å². The maximum Gasteiger partial charge on any atom is 0.407 e. The average Bonchev–Trinajstić information content (AvgIpc) is 3.70. The molecule has 2 aliphatic rings. The molecule has 1 unspecified atom stereocenters. The fourth-order valence-electron chi connectivity index (χ4n) is 5.72. The molecule has 3 amide bonds. The number of carboxylic acid groups (broad SMARTS) is 1. The number of thiazole rings is 1. The Balaban J connectivity index is 1.14. The molecule has 0 spiro atoms. The van der Waals surface area contributed by atoms with E-state index in [1.807, 2.05) is 16.3 Å². The number of aryl methyl sites for hydroxylation is 1. The van der Waals surface area contributed by atoms with Gasteiger partial charge in [-0.15, -0.1) is 11.3 Å². The Morgan fingerprint density at radius 2 is 1.70 bits per heavy atom. The molecule has 11 heteroatoms. The van der Waals surface area contributed by atoms with Gasteiger partial charge in [0.25, 0.3) is 11.8 Å². The van der Waals surface area contributed by atoms with E-state index in [4.69, 9.17) is 9.84 Å². The Kier molecular flexibility index (Phi) is 9.93. The van der Waals surface area contributed by atoms with E-state index in [0.29, 0.717) is 42.4 Å². The number of rotatable bonds is 10. The van der Waals surface area contributed by atoms with Crippen molar-refractivity contribution in [3.63, 3.8) is 0 Å². The molecule has 228 valence electrons. The van der Waals surface area contributed by atoms with Crippen LogP contribution in [-0.2, 0) is 6.42 Å². The van der Waals surface area contributed by atoms with Crippen LogP contribution in [0.25, 0.3) is 11.3 Å². The Morgan fingerprint density at radius 3 is 2.37 bits per heavy atom. The van der Waals surface area contributed by atoms with Crippen LogP contribution in [0.5, 0.6) is 5.75 Å². The predicted octanol–water partition coefficient (Wildman–Crippen LogP) is 5.36. The quantitative estimate of drug-likeness (QED) is 0.284. The summed E-state index contributed by atoms with van der Waals surface area (Å²) in [7, 11) is 1.64. The van der Waals surface area contributed by atoms with Crippen LogP contribution in [0.2, 0.25) is 0 Å². The Hall–Kier alpha value is -3.96. The van der Waals surface area contributed by atoms with Gasteiger partial charge in [-0.2, -0.15) is 0 Å². The number of methoxy groups -OCH3 is 1. The van der Waals surface area contributed by atoms with Gasteiger partial charge in [-0.1, -0.05) is 19.4 Å². The van der Waals surface area contributed by atoms with Crippen molar-refractivity contribution in [2.24, 2.45) is 0 Å². The Morgan fingerprint density at radius 1 is 1.00 bits per heavy atom. The largest absolute Gasteiger partial charge is 0.496 e. The number of aromatic nitrogens is 1. The van der Waals surface area contributed by atoms with Crippen LogP contribution < -0.4 is 15.4 Å². The van der Waals surface area contributed by atoms with Crippen molar-refractivity contribution in [2.75, 3.05) is 38.6 Å². The number of piperidine rings is 1. The number of anilines is 1. The first kappa shape index (κ1) is 30.5. The van der Waals surface area contributed by atoms with E-state index < -0.39 is 6.09 Å². The summed E-state index contributed by atoms with van der Waals surface area (Å²) in [5.41, 5.74) is 3.87. The molecule has 3 N–H and O–H groups in total. The topological polar surface area (TPSA) is 124 Å². The van der Waals surface area contributed by atoms with Crippen LogP contribution in [-0.4, -0.2) is 83.2 Å². The fraction of sp³-hybridized carbons (Fsp3) is 0.438. The van der Waals surface area contributed by atoms with Crippen molar-refractivity contribution in [1.29, 1.82) is 0 Å². The molecule has 0 bridgehead atoms. The third-order valence-corrected chi connectivity index (χ3v) is 8.95. The molecule has 3 aromatic rings. The number of carbonyl (C=O) groups excluding carboxylic acids is 2. The van der Waals surface area contributed by atoms with Gasteiger partial charge in [0.15, 0.2) is 5.13 Å². The van der Waals surface area contributed by atoms with E-state index in [0.717, 1.165) is 55.5 Å². The van der Waals surface area contributed by atoms with Crippen LogP contribution in [0, 0.1) is 0 Å². The normalized spacial score (nSPS) is 17.2. The standard InChI is InChI=1S/C32H39N5O5S/c1-3-4-5-21-6-11-28(42-2)26(18-21)27-20-43-31(34-27)35-29(38)22-7-9-23(10-8-22)30(39)36-15-12-24(13-16-36)33-25-14-17-37(19-25)32(40)41/h6-11,18,20,24-25,33H,3-5,12-17,19H2,1-2H3,(H,40,41)(H,34,35,38). The van der Waals surface area contributed by atoms with Gasteiger partial charge in [0.2, 0.25) is 0 Å². The van der Waals surface area contributed by atoms with E-state index in [1.165, 1.54) is 21.8 Å². The summed E-state index contributed by atoms with van der Waals surface area (Å²) in [5.74, 6) is 0.400. The number of ether oxygens (including phenoxy) is 1. The first-order valence-electron chi connectivity index (χ1n) is 14.9. The molecular formula is C32H39N5O5S. The fourth-order valence-corrected chi connectivity index (χ4v) is 6.42. The number of nitrogens with one attached hydrogen (secondary N) is 2. The van der Waals surface area contributed by atoms with Gasteiger partial charge in [0, 0.05) is 60.3 Å². The third kappa shape index (κ3) is 7.52. The maximum atomic E-state index is 13.1. The molecule has 2 fully saturated rings. The third-order valence-electron chi connectivity index (χ3n) is 8.19. The molecule has 0 radical (unpaired) electrons. The molecule has 1 atom stereocenters. The van der Waals surface area contributed by atoms with E-state index >= 15 is 0 Å². The molecule has 5 rings (SSSR count). The lowest BCUT2D eigenvalue weighted by Crippen LogP contribution is -2.48. The highest BCUT2D eigenvalue weighted by Crippen LogP contribution is 2.33. The average molecular weight is 606 g/mol. The van der Waals surface area contributed by atoms with Gasteiger partial charge in [-0.05, 0) is 74.1 Å². The zero-order chi connectivity index (χ0) is 30.3.